The number of imidazole rings is 1. The molecule has 346 valence electrons. The number of hydrogen-bond donors (Lipinski definition) is 8. The van der Waals surface area contributed by atoms with E-state index in [2.05, 4.69) is 25.9 Å². The Hall–Kier alpha value is -6.67. The van der Waals surface area contributed by atoms with Gasteiger partial charge in [-0.05, 0) is 49.1 Å². The molecule has 5 atom stereocenters. The van der Waals surface area contributed by atoms with Crippen molar-refractivity contribution < 1.29 is 65.3 Å². The van der Waals surface area contributed by atoms with Crippen LogP contribution in [0.4, 0.5) is 16.0 Å². The van der Waals surface area contributed by atoms with Crippen LogP contribution in [0.1, 0.15) is 79.1 Å². The van der Waals surface area contributed by atoms with E-state index in [4.69, 9.17) is 14.7 Å². The van der Waals surface area contributed by atoms with Gasteiger partial charge in [0, 0.05) is 55.6 Å². The number of carbonyl (C=O) groups excluding carboxylic acids is 6. The second kappa shape index (κ2) is 19.6. The summed E-state index contributed by atoms with van der Waals surface area (Å²) in [4.78, 5) is 95.3. The van der Waals surface area contributed by atoms with Gasteiger partial charge in [0.15, 0.2) is 6.33 Å². The number of hydrogen-bond acceptors (Lipinski definition) is 15. The van der Waals surface area contributed by atoms with Crippen molar-refractivity contribution in [3.63, 3.8) is 0 Å². The van der Waals surface area contributed by atoms with Crippen molar-refractivity contribution in [1.29, 1.82) is 0 Å². The Balaban J connectivity index is 0.804. The number of unbranched alkanes of at least 4 members (excludes halogenated alkanes) is 2. The number of H-pyrrole nitrogens is 1. The van der Waals surface area contributed by atoms with Crippen molar-refractivity contribution in [2.24, 2.45) is 0 Å². The highest BCUT2D eigenvalue weighted by Gasteiger charge is 2.48. The number of aromatic nitrogens is 4. The van der Waals surface area contributed by atoms with E-state index in [1.165, 1.54) is 44.6 Å². The van der Waals surface area contributed by atoms with Crippen LogP contribution in [0.15, 0.2) is 53.6 Å². The highest BCUT2D eigenvalue weighted by Crippen LogP contribution is 2.33. The number of nitrogens with one attached hydrogen (secondary N) is 5. The minimum absolute atomic E-state index is 0.00295. The number of nitrogen functional groups attached to an aromatic ring is 1. The molecule has 6 amide bonds. The molecule has 25 heteroatoms. The van der Waals surface area contributed by atoms with Crippen LogP contribution in [0.5, 0.6) is 0 Å². The third-order valence-electron chi connectivity index (χ3n) is 11.0. The van der Waals surface area contributed by atoms with E-state index in [9.17, 15) is 56.6 Å². The summed E-state index contributed by atoms with van der Waals surface area (Å²) in [6, 6.07) is 9.60. The van der Waals surface area contributed by atoms with Crippen LogP contribution < -0.4 is 36.5 Å². The highest BCUT2D eigenvalue weighted by atomic mass is 32.2. The van der Waals surface area contributed by atoms with E-state index in [0.717, 1.165) is 0 Å². The van der Waals surface area contributed by atoms with Gasteiger partial charge in [0.25, 0.3) is 17.4 Å². The predicted molar refractivity (Wildman–Crippen MR) is 221 cm³/mol. The number of halogens is 1. The fraction of sp³-hybridized carbons (Fsp3) is 0.425. The molecular weight excluding hydrogens is 880 g/mol. The van der Waals surface area contributed by atoms with E-state index in [0.29, 0.717) is 41.6 Å². The Morgan fingerprint density at radius 3 is 2.49 bits per heavy atom. The van der Waals surface area contributed by atoms with Gasteiger partial charge in [0.2, 0.25) is 41.3 Å². The maximum absolute atomic E-state index is 13.5. The van der Waals surface area contributed by atoms with Crippen LogP contribution in [0.2, 0.25) is 0 Å². The largest absolute Gasteiger partial charge is 0.387 e. The van der Waals surface area contributed by atoms with Crippen molar-refractivity contribution in [2.45, 2.75) is 95.0 Å². The van der Waals surface area contributed by atoms with Gasteiger partial charge in [-0.3, -0.25) is 52.6 Å². The van der Waals surface area contributed by atoms with Crippen LogP contribution in [0.25, 0.3) is 11.2 Å². The van der Waals surface area contributed by atoms with Crippen molar-refractivity contribution in [1.82, 2.24) is 34.8 Å². The SMILES string of the molecule is Nc1nc2c(c(=O)[nH]1)n(Cc1ccc(F)cc1)c[n+]2C1OC(COS(=O)(=O)NC(=O)CCC(=O)NCCCCCC(=O)Nc2cccc3c2CN(C2CCC(=O)NC2=O)C3=O)C(O)C1O. The van der Waals surface area contributed by atoms with Crippen LogP contribution in [0.3, 0.4) is 0 Å². The maximum Gasteiger partial charge on any atom is 0.362 e. The smallest absolute Gasteiger partial charge is 0.362 e. The second-order valence-electron chi connectivity index (χ2n) is 15.7. The van der Waals surface area contributed by atoms with E-state index < -0.39 is 88.9 Å². The Kier molecular flexibility index (Phi) is 14.0. The molecule has 7 rings (SSSR count). The third-order valence-corrected chi connectivity index (χ3v) is 12.0. The average Bonchev–Trinajstić information content (AvgIpc) is 3.88. The lowest BCUT2D eigenvalue weighted by Gasteiger charge is -2.29. The van der Waals surface area contributed by atoms with Gasteiger partial charge in [0.1, 0.15) is 30.2 Å². The number of imide groups is 1. The molecule has 0 aliphatic carbocycles. The third kappa shape index (κ3) is 10.8. The lowest BCUT2D eigenvalue weighted by molar-refractivity contribution is -0.745. The average molecular weight is 926 g/mol. The van der Waals surface area contributed by atoms with Crippen molar-refractivity contribution >= 4 is 68.5 Å². The summed E-state index contributed by atoms with van der Waals surface area (Å²) < 4.78 is 53.7. The Labute approximate surface area is 368 Å². The Morgan fingerprint density at radius 1 is 0.985 bits per heavy atom. The molecule has 0 bridgehead atoms. The first kappa shape index (κ1) is 46.3. The number of ether oxygens (including phenoxy) is 1. The zero-order valence-corrected chi connectivity index (χ0v) is 35.3. The first-order chi connectivity index (χ1) is 31.0. The van der Waals surface area contributed by atoms with Crippen molar-refractivity contribution in [3.05, 3.63) is 81.7 Å². The monoisotopic (exact) mass is 925 g/mol. The number of aliphatic hydroxyl groups excluding tert-OH is 2. The van der Waals surface area contributed by atoms with Gasteiger partial charge in [-0.1, -0.05) is 29.6 Å². The molecular formula is C40H46FN10O13S+. The number of nitrogens with zero attached hydrogens (tertiary/aromatic N) is 4. The summed E-state index contributed by atoms with van der Waals surface area (Å²) in [5.41, 5.74) is 7.08. The molecule has 9 N–H and O–H groups in total. The predicted octanol–water partition coefficient (Wildman–Crippen LogP) is -1.36. The summed E-state index contributed by atoms with van der Waals surface area (Å²) >= 11 is 0. The van der Waals surface area contributed by atoms with Gasteiger partial charge in [-0.15, -0.1) is 0 Å². The van der Waals surface area contributed by atoms with Crippen LogP contribution in [0, 0.1) is 5.82 Å². The molecule has 3 aliphatic rings. The minimum Gasteiger partial charge on any atom is -0.387 e. The summed E-state index contributed by atoms with van der Waals surface area (Å²) in [5.74, 6) is -3.91. The molecule has 4 aromatic rings. The van der Waals surface area contributed by atoms with E-state index in [1.807, 2.05) is 0 Å². The van der Waals surface area contributed by atoms with Crippen LogP contribution in [-0.2, 0) is 56.3 Å². The number of benzene rings is 2. The van der Waals surface area contributed by atoms with Gasteiger partial charge in [-0.2, -0.15) is 8.42 Å². The Bertz CT molecular complexity index is 2690. The van der Waals surface area contributed by atoms with E-state index >= 15 is 0 Å². The summed E-state index contributed by atoms with van der Waals surface area (Å²) in [6.07, 6.45) is -3.80. The first-order valence-electron chi connectivity index (χ1n) is 20.6. The normalized spacial score (nSPS) is 20.8. The van der Waals surface area contributed by atoms with Gasteiger partial charge < -0.3 is 36.2 Å². The Morgan fingerprint density at radius 2 is 1.74 bits per heavy atom. The number of carbonyl (C=O) groups is 6. The summed E-state index contributed by atoms with van der Waals surface area (Å²) in [6.45, 7) is -0.474. The number of anilines is 2. The van der Waals surface area contributed by atoms with Crippen molar-refractivity contribution in [2.75, 3.05) is 24.2 Å². The number of nitrogens with two attached hydrogens (primary N) is 1. The molecule has 0 saturated carbocycles. The van der Waals surface area contributed by atoms with E-state index in [1.54, 1.807) is 22.9 Å². The fourth-order valence-electron chi connectivity index (χ4n) is 7.79. The molecule has 5 unspecified atom stereocenters. The molecule has 0 spiro atoms. The number of piperidine rings is 1. The first-order valence-corrected chi connectivity index (χ1v) is 22.0. The second-order valence-corrected chi connectivity index (χ2v) is 17.0. The number of fused-ring (bicyclic) bond motifs is 2. The standard InChI is InChI=1S/C40H45FN10O13S/c41-22-10-8-21(9-11-22)17-49-20-51(35-32(49)37(59)47-40(42)46-35)39-34(57)33(56)27(64-39)19-63-65(61,62)48-31(55)15-14-28(52)43-16-3-1-2-7-29(53)44-25-6-4-5-23-24(25)18-50(38(23)60)26-12-13-30(54)45-36(26)58/h4-6,8-11,20,26-27,33-34,39,56-57H,1-3,7,12-19H2,(H6-,42,43,44,45,46,47,48,52,53,54,55,58,59)/p+1. The maximum atomic E-state index is 13.5. The number of rotatable bonds is 18. The fourth-order valence-corrected chi connectivity index (χ4v) is 8.54. The molecule has 65 heavy (non-hydrogen) atoms. The zero-order chi connectivity index (χ0) is 46.6. The molecule has 2 saturated heterocycles. The van der Waals surface area contributed by atoms with Crippen LogP contribution in [-0.4, -0.2) is 111 Å². The number of amides is 6. The molecule has 2 fully saturated rings. The van der Waals surface area contributed by atoms with Gasteiger partial charge >= 0.3 is 16.0 Å². The number of aliphatic hydroxyl groups is 2. The highest BCUT2D eigenvalue weighted by molar-refractivity contribution is 7.85. The molecule has 2 aromatic carbocycles. The lowest BCUT2D eigenvalue weighted by atomic mass is 10.0. The van der Waals surface area contributed by atoms with E-state index in [-0.39, 0.29) is 74.2 Å². The zero-order valence-electron chi connectivity index (χ0n) is 34.5. The molecule has 3 aliphatic heterocycles. The van der Waals surface area contributed by atoms with Crippen LogP contribution >= 0.6 is 0 Å². The molecule has 5 heterocycles. The number of aromatic amines is 1. The molecule has 0 radical (unpaired) electrons. The topological polar surface area (TPSA) is 327 Å². The summed E-state index contributed by atoms with van der Waals surface area (Å²) in [5, 5.41) is 29.4. The molecule has 2 aromatic heterocycles. The quantitative estimate of drug-likeness (QED) is 0.0325. The minimum atomic E-state index is -4.78. The van der Waals surface area contributed by atoms with Gasteiger partial charge in [0.05, 0.1) is 13.2 Å². The van der Waals surface area contributed by atoms with Crippen molar-refractivity contribution in [3.8, 4) is 0 Å². The lowest BCUT2D eigenvalue weighted by Crippen LogP contribution is -2.52. The molecule has 23 nitrogen and oxygen atoms in total. The summed E-state index contributed by atoms with van der Waals surface area (Å²) in [7, 11) is -4.78. The van der Waals surface area contributed by atoms with Gasteiger partial charge in [-0.25, -0.2) is 13.7 Å².